The molecule has 5 heteroatoms. The van der Waals surface area contributed by atoms with E-state index in [0.29, 0.717) is 6.61 Å². The zero-order chi connectivity index (χ0) is 13.5. The fraction of sp³-hybridized carbons (Fsp3) is 0.714. The van der Waals surface area contributed by atoms with E-state index < -0.39 is 0 Å². The molecule has 0 unspecified atom stereocenters. The van der Waals surface area contributed by atoms with Crippen molar-refractivity contribution in [3.05, 3.63) is 11.8 Å². The van der Waals surface area contributed by atoms with Crippen LogP contribution in [-0.4, -0.2) is 43.3 Å². The Bertz CT molecular complexity index is 389. The molecule has 0 saturated carbocycles. The number of aryl methyl sites for hydroxylation is 1. The molecule has 0 radical (unpaired) electrons. The highest BCUT2D eigenvalue weighted by Crippen LogP contribution is 2.18. The molecule has 5 nitrogen and oxygen atoms in total. The number of rotatable bonds is 5. The van der Waals surface area contributed by atoms with E-state index in [2.05, 4.69) is 20.2 Å². The van der Waals surface area contributed by atoms with Gasteiger partial charge < -0.3 is 15.0 Å². The predicted molar refractivity (Wildman–Crippen MR) is 77.8 cm³/mol. The molecular formula is C14H24N4O. The first-order valence-corrected chi connectivity index (χ1v) is 7.13. The molecule has 0 aromatic carbocycles. The summed E-state index contributed by atoms with van der Waals surface area (Å²) in [6.45, 7) is 5.61. The molecule has 0 aliphatic carbocycles. The molecule has 2 rings (SSSR count). The Hall–Kier alpha value is -1.36. The molecule has 1 saturated heterocycles. The summed E-state index contributed by atoms with van der Waals surface area (Å²) < 4.78 is 5.04. The first-order chi connectivity index (χ1) is 9.29. The lowest BCUT2D eigenvalue weighted by Crippen LogP contribution is -2.26. The summed E-state index contributed by atoms with van der Waals surface area (Å²) in [6, 6.07) is 1.98. The summed E-state index contributed by atoms with van der Waals surface area (Å²) in [5.41, 5.74) is 1.01. The molecule has 1 N–H and O–H groups in total. The summed E-state index contributed by atoms with van der Waals surface area (Å²) in [4.78, 5) is 11.5. The van der Waals surface area contributed by atoms with E-state index in [1.807, 2.05) is 13.0 Å². The van der Waals surface area contributed by atoms with Crippen molar-refractivity contribution in [3.8, 4) is 0 Å². The number of hydrogen-bond donors (Lipinski definition) is 1. The Morgan fingerprint density at radius 2 is 1.95 bits per heavy atom. The molecule has 1 aromatic rings. The van der Waals surface area contributed by atoms with Crippen LogP contribution in [0.15, 0.2) is 6.07 Å². The molecule has 19 heavy (non-hydrogen) atoms. The lowest BCUT2D eigenvalue weighted by Gasteiger charge is -2.21. The Labute approximate surface area is 115 Å². The predicted octanol–water partition coefficient (Wildman–Crippen LogP) is 2.22. The molecular weight excluding hydrogens is 240 g/mol. The van der Waals surface area contributed by atoms with Gasteiger partial charge >= 0.3 is 0 Å². The van der Waals surface area contributed by atoms with E-state index in [9.17, 15) is 0 Å². The van der Waals surface area contributed by atoms with Gasteiger partial charge in [-0.05, 0) is 19.8 Å². The van der Waals surface area contributed by atoms with Gasteiger partial charge in [0.15, 0.2) is 0 Å². The maximum atomic E-state index is 5.04. The number of aromatic nitrogens is 2. The van der Waals surface area contributed by atoms with Crippen LogP contribution in [0.1, 0.15) is 31.4 Å². The van der Waals surface area contributed by atoms with Crippen LogP contribution in [0.3, 0.4) is 0 Å². The summed E-state index contributed by atoms with van der Waals surface area (Å²) in [7, 11) is 1.70. The van der Waals surface area contributed by atoms with Crippen LogP contribution in [0, 0.1) is 6.92 Å². The molecule has 0 amide bonds. The second-order valence-electron chi connectivity index (χ2n) is 5.02. The Morgan fingerprint density at radius 3 is 2.63 bits per heavy atom. The molecule has 1 aromatic heterocycles. The highest BCUT2D eigenvalue weighted by molar-refractivity contribution is 5.43. The number of anilines is 2. The molecule has 1 aliphatic rings. The second kappa shape index (κ2) is 7.28. The Morgan fingerprint density at radius 1 is 1.21 bits per heavy atom. The van der Waals surface area contributed by atoms with Crippen molar-refractivity contribution in [2.24, 2.45) is 0 Å². The molecule has 2 heterocycles. The van der Waals surface area contributed by atoms with Crippen molar-refractivity contribution >= 4 is 11.8 Å². The maximum absolute atomic E-state index is 5.04. The van der Waals surface area contributed by atoms with Gasteiger partial charge in [0.2, 0.25) is 5.95 Å². The maximum Gasteiger partial charge on any atom is 0.227 e. The zero-order valence-electron chi connectivity index (χ0n) is 12.0. The fourth-order valence-corrected chi connectivity index (χ4v) is 2.34. The molecule has 0 bridgehead atoms. The van der Waals surface area contributed by atoms with Crippen LogP contribution in [0.5, 0.6) is 0 Å². The van der Waals surface area contributed by atoms with Crippen LogP contribution in [0.4, 0.5) is 11.8 Å². The van der Waals surface area contributed by atoms with E-state index in [-0.39, 0.29) is 0 Å². The summed E-state index contributed by atoms with van der Waals surface area (Å²) >= 11 is 0. The Balaban J connectivity index is 2.06. The Kier molecular flexibility index (Phi) is 5.39. The summed E-state index contributed by atoms with van der Waals surface area (Å²) in [5, 5.41) is 3.28. The summed E-state index contributed by atoms with van der Waals surface area (Å²) in [6.07, 6.45) is 5.12. The highest BCUT2D eigenvalue weighted by atomic mass is 16.5. The largest absolute Gasteiger partial charge is 0.383 e. The average molecular weight is 264 g/mol. The fourth-order valence-electron chi connectivity index (χ4n) is 2.34. The normalized spacial score (nSPS) is 16.2. The third-order valence-corrected chi connectivity index (χ3v) is 3.34. The first-order valence-electron chi connectivity index (χ1n) is 7.13. The molecule has 106 valence electrons. The topological polar surface area (TPSA) is 50.3 Å². The number of ether oxygens (including phenoxy) is 1. The van der Waals surface area contributed by atoms with Gasteiger partial charge in [0, 0.05) is 38.5 Å². The van der Waals surface area contributed by atoms with E-state index >= 15 is 0 Å². The van der Waals surface area contributed by atoms with Crippen molar-refractivity contribution in [2.75, 3.05) is 43.6 Å². The van der Waals surface area contributed by atoms with E-state index in [1.165, 1.54) is 25.7 Å². The molecule has 1 aliphatic heterocycles. The van der Waals surface area contributed by atoms with Gasteiger partial charge in [0.25, 0.3) is 0 Å². The van der Waals surface area contributed by atoms with E-state index in [1.54, 1.807) is 7.11 Å². The summed E-state index contributed by atoms with van der Waals surface area (Å²) in [5.74, 6) is 1.76. The monoisotopic (exact) mass is 264 g/mol. The second-order valence-corrected chi connectivity index (χ2v) is 5.02. The van der Waals surface area contributed by atoms with Gasteiger partial charge in [-0.1, -0.05) is 12.8 Å². The van der Waals surface area contributed by atoms with E-state index in [0.717, 1.165) is 37.1 Å². The zero-order valence-corrected chi connectivity index (χ0v) is 12.0. The van der Waals surface area contributed by atoms with Gasteiger partial charge in [-0.25, -0.2) is 4.98 Å². The van der Waals surface area contributed by atoms with Gasteiger partial charge in [0.1, 0.15) is 5.82 Å². The third-order valence-electron chi connectivity index (χ3n) is 3.34. The minimum absolute atomic E-state index is 0.683. The SMILES string of the molecule is COCCNc1cc(C)nc(N2CCCCCC2)n1. The number of nitrogens with one attached hydrogen (secondary N) is 1. The van der Waals surface area contributed by atoms with Gasteiger partial charge in [0.05, 0.1) is 6.61 Å². The van der Waals surface area contributed by atoms with Gasteiger partial charge in [-0.3, -0.25) is 0 Å². The molecule has 1 fully saturated rings. The van der Waals surface area contributed by atoms with Crippen LogP contribution in [0.25, 0.3) is 0 Å². The van der Waals surface area contributed by atoms with Crippen molar-refractivity contribution in [1.82, 2.24) is 9.97 Å². The quantitative estimate of drug-likeness (QED) is 0.826. The van der Waals surface area contributed by atoms with Gasteiger partial charge in [-0.15, -0.1) is 0 Å². The number of nitrogens with zero attached hydrogens (tertiary/aromatic N) is 3. The van der Waals surface area contributed by atoms with Crippen molar-refractivity contribution < 1.29 is 4.74 Å². The minimum Gasteiger partial charge on any atom is -0.383 e. The van der Waals surface area contributed by atoms with Crippen molar-refractivity contribution in [3.63, 3.8) is 0 Å². The van der Waals surface area contributed by atoms with Gasteiger partial charge in [-0.2, -0.15) is 4.98 Å². The molecule has 0 atom stereocenters. The minimum atomic E-state index is 0.683. The number of hydrogen-bond acceptors (Lipinski definition) is 5. The van der Waals surface area contributed by atoms with Crippen molar-refractivity contribution in [1.29, 1.82) is 0 Å². The smallest absolute Gasteiger partial charge is 0.227 e. The van der Waals surface area contributed by atoms with Crippen molar-refractivity contribution in [2.45, 2.75) is 32.6 Å². The lowest BCUT2D eigenvalue weighted by atomic mass is 10.2. The highest BCUT2D eigenvalue weighted by Gasteiger charge is 2.13. The van der Waals surface area contributed by atoms with Crippen LogP contribution in [0.2, 0.25) is 0 Å². The number of methoxy groups -OCH3 is 1. The first kappa shape index (κ1) is 14.1. The lowest BCUT2D eigenvalue weighted by molar-refractivity contribution is 0.210. The molecule has 0 spiro atoms. The average Bonchev–Trinajstić information content (AvgIpc) is 2.67. The standard InChI is InChI=1S/C14H24N4O/c1-12-11-13(15-7-10-19-2)17-14(16-12)18-8-5-3-4-6-9-18/h11H,3-10H2,1-2H3,(H,15,16,17). The third kappa shape index (κ3) is 4.35. The van der Waals surface area contributed by atoms with Crippen LogP contribution >= 0.6 is 0 Å². The van der Waals surface area contributed by atoms with E-state index in [4.69, 9.17) is 4.74 Å². The van der Waals surface area contributed by atoms with Crippen LogP contribution < -0.4 is 10.2 Å². The van der Waals surface area contributed by atoms with Crippen LogP contribution in [-0.2, 0) is 4.74 Å².